The normalized spacial score (nSPS) is 12.7. The Morgan fingerprint density at radius 3 is 2.71 bits per heavy atom. The fourth-order valence-electron chi connectivity index (χ4n) is 2.63. The summed E-state index contributed by atoms with van der Waals surface area (Å²) < 4.78 is 1.86. The van der Waals surface area contributed by atoms with Crippen LogP contribution in [0.2, 0.25) is 5.02 Å². The minimum absolute atomic E-state index is 0.190. The Hall–Kier alpha value is -1.88. The summed E-state index contributed by atoms with van der Waals surface area (Å²) in [6.45, 7) is 2.77. The fourth-order valence-corrected chi connectivity index (χ4v) is 2.88. The van der Waals surface area contributed by atoms with Crippen molar-refractivity contribution in [1.82, 2.24) is 15.2 Å². The zero-order chi connectivity index (χ0) is 14.8. The molecule has 0 aliphatic carbocycles. The number of fused-ring (bicyclic) bond motifs is 1. The van der Waals surface area contributed by atoms with Crippen LogP contribution in [0.25, 0.3) is 10.8 Å². The van der Waals surface area contributed by atoms with Gasteiger partial charge in [0.25, 0.3) is 0 Å². The molecule has 4 nitrogen and oxygen atoms in total. The van der Waals surface area contributed by atoms with Gasteiger partial charge in [-0.1, -0.05) is 48.0 Å². The van der Waals surface area contributed by atoms with Crippen molar-refractivity contribution in [2.45, 2.75) is 19.5 Å². The van der Waals surface area contributed by atoms with E-state index in [2.05, 4.69) is 40.9 Å². The second kappa shape index (κ2) is 5.85. The number of rotatable bonds is 4. The third-order valence-electron chi connectivity index (χ3n) is 3.68. The fraction of sp³-hybridized carbons (Fsp3) is 0.188. The number of halogens is 1. The Bertz CT molecular complexity index is 766. The molecule has 0 amide bonds. The molecule has 0 spiro atoms. The van der Waals surface area contributed by atoms with Gasteiger partial charge in [0.05, 0.1) is 23.0 Å². The van der Waals surface area contributed by atoms with Crippen LogP contribution in [0.5, 0.6) is 0 Å². The van der Waals surface area contributed by atoms with E-state index in [0.717, 1.165) is 17.8 Å². The molecule has 0 aliphatic heterocycles. The van der Waals surface area contributed by atoms with Crippen molar-refractivity contribution >= 4 is 22.4 Å². The van der Waals surface area contributed by atoms with Gasteiger partial charge in [-0.2, -0.15) is 5.10 Å². The molecule has 0 aliphatic rings. The molecule has 0 saturated carbocycles. The highest BCUT2D eigenvalue weighted by Crippen LogP contribution is 2.29. The van der Waals surface area contributed by atoms with E-state index in [1.165, 1.54) is 10.8 Å². The van der Waals surface area contributed by atoms with Gasteiger partial charge in [0.1, 0.15) is 0 Å². The first kappa shape index (κ1) is 14.1. The molecule has 1 atom stereocenters. The second-order valence-corrected chi connectivity index (χ2v) is 5.31. The molecular formula is C16H17ClN4. The van der Waals surface area contributed by atoms with E-state index < -0.39 is 0 Å². The van der Waals surface area contributed by atoms with Crippen molar-refractivity contribution in [3.05, 3.63) is 64.9 Å². The first-order chi connectivity index (χ1) is 10.2. The highest BCUT2D eigenvalue weighted by Gasteiger charge is 2.20. The van der Waals surface area contributed by atoms with Crippen molar-refractivity contribution in [3.63, 3.8) is 0 Å². The lowest BCUT2D eigenvalue weighted by Gasteiger charge is -2.19. The molecule has 0 saturated heterocycles. The summed E-state index contributed by atoms with van der Waals surface area (Å²) in [5, 5.41) is 7.27. The molecule has 1 heterocycles. The maximum Gasteiger partial charge on any atom is 0.0893 e. The zero-order valence-corrected chi connectivity index (χ0v) is 12.5. The Morgan fingerprint density at radius 1 is 1.24 bits per heavy atom. The molecule has 1 unspecified atom stereocenters. The predicted octanol–water partition coefficient (Wildman–Crippen LogP) is 3.26. The quantitative estimate of drug-likeness (QED) is 0.574. The van der Waals surface area contributed by atoms with Gasteiger partial charge in [-0.3, -0.25) is 10.5 Å². The lowest BCUT2D eigenvalue weighted by Crippen LogP contribution is -2.31. The van der Waals surface area contributed by atoms with Gasteiger partial charge < -0.3 is 0 Å². The molecule has 5 heteroatoms. The monoisotopic (exact) mass is 300 g/mol. The van der Waals surface area contributed by atoms with Gasteiger partial charge in [-0.15, -0.1) is 0 Å². The third-order valence-corrected chi connectivity index (χ3v) is 3.97. The first-order valence-corrected chi connectivity index (χ1v) is 7.28. The van der Waals surface area contributed by atoms with Crippen LogP contribution in [0.3, 0.4) is 0 Å². The summed E-state index contributed by atoms with van der Waals surface area (Å²) in [5.74, 6) is 5.78. The SMILES string of the molecule is CCn1ncc(Cl)c1C(NN)c1ccc2ccccc2c1. The van der Waals surface area contributed by atoms with Gasteiger partial charge in [-0.25, -0.2) is 5.43 Å². The molecule has 108 valence electrons. The van der Waals surface area contributed by atoms with E-state index in [1.54, 1.807) is 6.20 Å². The van der Waals surface area contributed by atoms with Crippen LogP contribution < -0.4 is 11.3 Å². The molecule has 3 N–H and O–H groups in total. The summed E-state index contributed by atoms with van der Waals surface area (Å²) in [6, 6.07) is 14.3. The number of nitrogens with two attached hydrogens (primary N) is 1. The Morgan fingerprint density at radius 2 is 2.00 bits per heavy atom. The van der Waals surface area contributed by atoms with Crippen LogP contribution >= 0.6 is 11.6 Å². The van der Waals surface area contributed by atoms with E-state index in [9.17, 15) is 0 Å². The third kappa shape index (κ3) is 2.53. The number of hydrogen-bond donors (Lipinski definition) is 2. The molecule has 1 aromatic heterocycles. The van der Waals surface area contributed by atoms with E-state index in [1.807, 2.05) is 23.7 Å². The predicted molar refractivity (Wildman–Crippen MR) is 86.0 cm³/mol. The van der Waals surface area contributed by atoms with Crippen molar-refractivity contribution in [1.29, 1.82) is 0 Å². The van der Waals surface area contributed by atoms with Crippen LogP contribution in [0, 0.1) is 0 Å². The van der Waals surface area contributed by atoms with Crippen LogP contribution in [-0.2, 0) is 6.54 Å². The summed E-state index contributed by atoms with van der Waals surface area (Å²) in [4.78, 5) is 0. The largest absolute Gasteiger partial charge is 0.271 e. The lowest BCUT2D eigenvalue weighted by molar-refractivity contribution is 0.544. The summed E-state index contributed by atoms with van der Waals surface area (Å²) >= 11 is 6.29. The maximum absolute atomic E-state index is 6.29. The standard InChI is InChI=1S/C16H17ClN4/c1-2-21-16(14(17)10-19-21)15(20-18)13-8-7-11-5-3-4-6-12(11)9-13/h3-10,15,20H,2,18H2,1H3. The molecule has 3 rings (SSSR count). The second-order valence-electron chi connectivity index (χ2n) is 4.90. The van der Waals surface area contributed by atoms with E-state index in [-0.39, 0.29) is 6.04 Å². The molecular weight excluding hydrogens is 284 g/mol. The van der Waals surface area contributed by atoms with E-state index in [0.29, 0.717) is 5.02 Å². The van der Waals surface area contributed by atoms with E-state index in [4.69, 9.17) is 17.4 Å². The van der Waals surface area contributed by atoms with E-state index >= 15 is 0 Å². The minimum Gasteiger partial charge on any atom is -0.271 e. The van der Waals surface area contributed by atoms with Gasteiger partial charge >= 0.3 is 0 Å². The number of aromatic nitrogens is 2. The van der Waals surface area contributed by atoms with Crippen molar-refractivity contribution in [2.75, 3.05) is 0 Å². The maximum atomic E-state index is 6.29. The zero-order valence-electron chi connectivity index (χ0n) is 11.8. The average Bonchev–Trinajstić information content (AvgIpc) is 2.89. The Kier molecular flexibility index (Phi) is 3.92. The minimum atomic E-state index is -0.190. The summed E-state index contributed by atoms with van der Waals surface area (Å²) in [7, 11) is 0. The van der Waals surface area contributed by atoms with Crippen molar-refractivity contribution < 1.29 is 0 Å². The Balaban J connectivity index is 2.11. The van der Waals surface area contributed by atoms with Crippen LogP contribution in [0.1, 0.15) is 24.2 Å². The first-order valence-electron chi connectivity index (χ1n) is 6.90. The molecule has 0 radical (unpaired) electrons. The number of hydrogen-bond acceptors (Lipinski definition) is 3. The topological polar surface area (TPSA) is 55.9 Å². The number of aryl methyl sites for hydroxylation is 1. The van der Waals surface area contributed by atoms with Gasteiger partial charge in [0.15, 0.2) is 0 Å². The van der Waals surface area contributed by atoms with Crippen molar-refractivity contribution in [2.24, 2.45) is 5.84 Å². The number of nitrogens with zero attached hydrogens (tertiary/aromatic N) is 2. The van der Waals surface area contributed by atoms with Gasteiger partial charge in [0, 0.05) is 6.54 Å². The number of hydrazine groups is 1. The molecule has 3 aromatic rings. The molecule has 0 fully saturated rings. The van der Waals surface area contributed by atoms with Crippen molar-refractivity contribution in [3.8, 4) is 0 Å². The molecule has 21 heavy (non-hydrogen) atoms. The smallest absolute Gasteiger partial charge is 0.0893 e. The lowest BCUT2D eigenvalue weighted by atomic mass is 10.00. The summed E-state index contributed by atoms with van der Waals surface area (Å²) in [6.07, 6.45) is 1.66. The van der Waals surface area contributed by atoms with Crippen LogP contribution in [0.15, 0.2) is 48.7 Å². The molecule has 0 bridgehead atoms. The highest BCUT2D eigenvalue weighted by atomic mass is 35.5. The van der Waals surface area contributed by atoms with Crippen LogP contribution in [0.4, 0.5) is 0 Å². The molecule has 2 aromatic carbocycles. The van der Waals surface area contributed by atoms with Gasteiger partial charge in [-0.05, 0) is 29.3 Å². The average molecular weight is 301 g/mol. The highest BCUT2D eigenvalue weighted by molar-refractivity contribution is 6.31. The Labute approximate surface area is 128 Å². The number of nitrogens with one attached hydrogen (secondary N) is 1. The summed E-state index contributed by atoms with van der Waals surface area (Å²) in [5.41, 5.74) is 4.81. The van der Waals surface area contributed by atoms with Crippen LogP contribution in [-0.4, -0.2) is 9.78 Å². The number of benzene rings is 2. The van der Waals surface area contributed by atoms with Gasteiger partial charge in [0.2, 0.25) is 0 Å².